The van der Waals surface area contributed by atoms with Crippen LogP contribution >= 0.6 is 11.3 Å². The first-order valence-electron chi connectivity index (χ1n) is 4.82. The third kappa shape index (κ3) is 2.44. The number of rotatable bonds is 3. The molecule has 0 saturated carbocycles. The zero-order valence-corrected chi connectivity index (χ0v) is 11.0. The molecule has 0 spiro atoms. The Morgan fingerprint density at radius 2 is 2.05 bits per heavy atom. The maximum absolute atomic E-state index is 13.4. The average molecular weight is 321 g/mol. The summed E-state index contributed by atoms with van der Waals surface area (Å²) in [7, 11) is -4.80. The molecular weight excluding hydrogens is 316 g/mol. The SMILES string of the molecule is O=C(O)N(c1cscn1)S(=O)(=O)c1ccc(F)nc1F. The molecular formula is C9H5F2N3O4S2. The van der Waals surface area contributed by atoms with Gasteiger partial charge in [-0.05, 0) is 12.1 Å². The molecule has 0 fully saturated rings. The molecule has 0 radical (unpaired) electrons. The fourth-order valence-electron chi connectivity index (χ4n) is 1.32. The Labute approximate surface area is 115 Å². The summed E-state index contributed by atoms with van der Waals surface area (Å²) in [6.45, 7) is 0. The first-order valence-corrected chi connectivity index (χ1v) is 7.21. The highest BCUT2D eigenvalue weighted by atomic mass is 32.2. The van der Waals surface area contributed by atoms with Gasteiger partial charge < -0.3 is 5.11 Å². The van der Waals surface area contributed by atoms with E-state index in [0.717, 1.165) is 16.7 Å². The smallest absolute Gasteiger partial charge is 0.427 e. The second kappa shape index (κ2) is 5.09. The van der Waals surface area contributed by atoms with Crippen molar-refractivity contribution in [1.82, 2.24) is 9.97 Å². The number of nitrogens with zero attached hydrogens (tertiary/aromatic N) is 3. The van der Waals surface area contributed by atoms with Gasteiger partial charge in [0.05, 0.1) is 5.51 Å². The Kier molecular flexibility index (Phi) is 3.63. The van der Waals surface area contributed by atoms with Gasteiger partial charge in [0.1, 0.15) is 4.90 Å². The van der Waals surface area contributed by atoms with Crippen LogP contribution in [0.5, 0.6) is 0 Å². The molecule has 7 nitrogen and oxygen atoms in total. The van der Waals surface area contributed by atoms with Crippen LogP contribution in [-0.4, -0.2) is 29.6 Å². The van der Waals surface area contributed by atoms with Crippen LogP contribution in [0.1, 0.15) is 0 Å². The fourth-order valence-corrected chi connectivity index (χ4v) is 3.15. The van der Waals surface area contributed by atoms with E-state index < -0.39 is 38.7 Å². The molecule has 0 aromatic carbocycles. The molecule has 2 aromatic rings. The summed E-state index contributed by atoms with van der Waals surface area (Å²) < 4.78 is 50.2. The Morgan fingerprint density at radius 1 is 1.35 bits per heavy atom. The van der Waals surface area contributed by atoms with Gasteiger partial charge in [0.2, 0.25) is 11.9 Å². The number of anilines is 1. The molecule has 2 aromatic heterocycles. The van der Waals surface area contributed by atoms with Crippen molar-refractivity contribution in [2.24, 2.45) is 0 Å². The van der Waals surface area contributed by atoms with Crippen LogP contribution in [0.15, 0.2) is 27.9 Å². The molecule has 0 aliphatic rings. The molecule has 0 unspecified atom stereocenters. The number of aromatic nitrogens is 2. The average Bonchev–Trinajstić information content (AvgIpc) is 2.80. The number of pyridine rings is 1. The summed E-state index contributed by atoms with van der Waals surface area (Å²) >= 11 is 0.953. The Morgan fingerprint density at radius 3 is 2.55 bits per heavy atom. The lowest BCUT2D eigenvalue weighted by atomic mass is 10.5. The van der Waals surface area contributed by atoms with Crippen LogP contribution in [0.4, 0.5) is 19.4 Å². The fraction of sp³-hybridized carbons (Fsp3) is 0. The Bertz CT molecular complexity index is 749. The maximum Gasteiger partial charge on any atom is 0.427 e. The lowest BCUT2D eigenvalue weighted by molar-refractivity contribution is 0.206. The molecule has 0 bridgehead atoms. The topological polar surface area (TPSA) is 100 Å². The van der Waals surface area contributed by atoms with Gasteiger partial charge in [0, 0.05) is 5.38 Å². The van der Waals surface area contributed by atoms with E-state index in [0.29, 0.717) is 12.1 Å². The predicted molar refractivity (Wildman–Crippen MR) is 64.0 cm³/mol. The van der Waals surface area contributed by atoms with Crippen molar-refractivity contribution in [3.63, 3.8) is 0 Å². The molecule has 2 rings (SSSR count). The lowest BCUT2D eigenvalue weighted by Gasteiger charge is -2.16. The minimum atomic E-state index is -4.80. The number of amides is 1. The first kappa shape index (κ1) is 14.3. The number of carboxylic acid groups (broad SMARTS) is 1. The highest BCUT2D eigenvalue weighted by molar-refractivity contribution is 7.93. The van der Waals surface area contributed by atoms with E-state index in [2.05, 4.69) is 9.97 Å². The molecule has 106 valence electrons. The van der Waals surface area contributed by atoms with Gasteiger partial charge in [-0.1, -0.05) is 0 Å². The van der Waals surface area contributed by atoms with Gasteiger partial charge in [-0.2, -0.15) is 13.8 Å². The van der Waals surface area contributed by atoms with Gasteiger partial charge in [-0.25, -0.2) is 18.2 Å². The minimum Gasteiger partial charge on any atom is -0.464 e. The monoisotopic (exact) mass is 321 g/mol. The summed E-state index contributed by atoms with van der Waals surface area (Å²) in [6.07, 6.45) is -1.88. The van der Waals surface area contributed by atoms with Crippen LogP contribution in [0.25, 0.3) is 0 Å². The second-order valence-corrected chi connectivity index (χ2v) is 5.80. The van der Waals surface area contributed by atoms with Gasteiger partial charge in [0.15, 0.2) is 5.82 Å². The van der Waals surface area contributed by atoms with Crippen LogP contribution < -0.4 is 4.31 Å². The standard InChI is InChI=1S/C9H5F2N3O4S2/c10-6-2-1-5(8(11)13-6)20(17,18)14(9(15)16)7-3-19-4-12-7/h1-4H,(H,15,16). The van der Waals surface area contributed by atoms with Gasteiger partial charge in [-0.15, -0.1) is 15.6 Å². The normalized spacial score (nSPS) is 11.3. The summed E-state index contributed by atoms with van der Waals surface area (Å²) in [6, 6.07) is 1.20. The summed E-state index contributed by atoms with van der Waals surface area (Å²) in [5, 5.41) is 10.1. The third-order valence-corrected chi connectivity index (χ3v) is 4.36. The highest BCUT2D eigenvalue weighted by Gasteiger charge is 2.35. The molecule has 0 saturated heterocycles. The van der Waals surface area contributed by atoms with Crippen molar-refractivity contribution in [1.29, 1.82) is 0 Å². The van der Waals surface area contributed by atoms with Gasteiger partial charge in [-0.3, -0.25) is 0 Å². The van der Waals surface area contributed by atoms with Crippen LogP contribution in [0.3, 0.4) is 0 Å². The molecule has 0 aliphatic heterocycles. The van der Waals surface area contributed by atoms with E-state index in [1.54, 1.807) is 0 Å². The van der Waals surface area contributed by atoms with Crippen molar-refractivity contribution in [2.75, 3.05) is 4.31 Å². The molecule has 0 aliphatic carbocycles. The number of carbonyl (C=O) groups is 1. The van der Waals surface area contributed by atoms with E-state index in [1.807, 2.05) is 0 Å². The number of thiazole rings is 1. The molecule has 11 heteroatoms. The summed E-state index contributed by atoms with van der Waals surface area (Å²) in [5.74, 6) is -3.27. The van der Waals surface area contributed by atoms with Crippen LogP contribution in [0.2, 0.25) is 0 Å². The van der Waals surface area contributed by atoms with Gasteiger partial charge >= 0.3 is 6.09 Å². The van der Waals surface area contributed by atoms with Crippen molar-refractivity contribution >= 4 is 33.3 Å². The number of halogens is 2. The predicted octanol–water partition coefficient (Wildman–Crippen LogP) is 1.69. The number of sulfonamides is 1. The summed E-state index contributed by atoms with van der Waals surface area (Å²) in [5.41, 5.74) is 1.21. The Balaban J connectivity index is 2.60. The zero-order valence-electron chi connectivity index (χ0n) is 9.40. The molecule has 2 heterocycles. The molecule has 20 heavy (non-hydrogen) atoms. The van der Waals surface area contributed by atoms with E-state index in [1.165, 1.54) is 5.51 Å². The second-order valence-electron chi connectivity index (χ2n) is 3.32. The van der Waals surface area contributed by atoms with Crippen molar-refractivity contribution in [3.8, 4) is 0 Å². The van der Waals surface area contributed by atoms with E-state index in [9.17, 15) is 22.0 Å². The van der Waals surface area contributed by atoms with Crippen LogP contribution in [0, 0.1) is 11.9 Å². The quantitative estimate of drug-likeness (QED) is 0.863. The van der Waals surface area contributed by atoms with Crippen molar-refractivity contribution < 1.29 is 27.1 Å². The van der Waals surface area contributed by atoms with Gasteiger partial charge in [0.25, 0.3) is 10.0 Å². The maximum atomic E-state index is 13.4. The Hall–Kier alpha value is -2.14. The number of hydrogen-bond donors (Lipinski definition) is 1. The number of hydrogen-bond acceptors (Lipinski definition) is 6. The van der Waals surface area contributed by atoms with Crippen molar-refractivity contribution in [2.45, 2.75) is 4.90 Å². The minimum absolute atomic E-state index is 0.110. The lowest BCUT2D eigenvalue weighted by Crippen LogP contribution is -2.36. The summed E-state index contributed by atoms with van der Waals surface area (Å²) in [4.78, 5) is 16.3. The largest absolute Gasteiger partial charge is 0.464 e. The van der Waals surface area contributed by atoms with E-state index >= 15 is 0 Å². The molecule has 1 N–H and O–H groups in total. The van der Waals surface area contributed by atoms with E-state index in [4.69, 9.17) is 5.11 Å². The third-order valence-electron chi connectivity index (χ3n) is 2.10. The zero-order chi connectivity index (χ0) is 14.9. The highest BCUT2D eigenvalue weighted by Crippen LogP contribution is 2.24. The molecule has 1 amide bonds. The van der Waals surface area contributed by atoms with E-state index in [-0.39, 0.29) is 4.31 Å². The molecule has 0 atom stereocenters. The van der Waals surface area contributed by atoms with Crippen molar-refractivity contribution in [3.05, 3.63) is 34.9 Å². The van der Waals surface area contributed by atoms with Crippen LogP contribution in [-0.2, 0) is 10.0 Å². The first-order chi connectivity index (χ1) is 9.34.